The van der Waals surface area contributed by atoms with E-state index < -0.39 is 0 Å². The van der Waals surface area contributed by atoms with Gasteiger partial charge in [0.2, 0.25) is 0 Å². The molecule has 0 heterocycles. The van der Waals surface area contributed by atoms with E-state index in [0.29, 0.717) is 0 Å². The highest BCUT2D eigenvalue weighted by molar-refractivity contribution is 9.11. The molecule has 0 aliphatic heterocycles. The molecule has 0 bridgehead atoms. The van der Waals surface area contributed by atoms with Gasteiger partial charge in [-0.25, -0.2) is 0 Å². The summed E-state index contributed by atoms with van der Waals surface area (Å²) in [5.74, 6) is 0. The summed E-state index contributed by atoms with van der Waals surface area (Å²) in [5, 5.41) is 15.2. The summed E-state index contributed by atoms with van der Waals surface area (Å²) in [6, 6.07) is 40.6. The largest absolute Gasteiger partial charge is 0.0616 e. The minimum Gasteiger partial charge on any atom is -0.0616 e. The molecule has 0 nitrogen and oxygen atoms in total. The number of hydrogen-bond donors (Lipinski definition) is 0. The van der Waals surface area contributed by atoms with Crippen LogP contribution in [-0.4, -0.2) is 0 Å². The van der Waals surface area contributed by atoms with E-state index in [1.54, 1.807) is 0 Å². The molecule has 0 aliphatic rings. The first-order chi connectivity index (χ1) is 19.5. The smallest absolute Gasteiger partial charge is 0.0266 e. The maximum atomic E-state index is 4.01. The maximum Gasteiger partial charge on any atom is 0.0266 e. The number of fused-ring (bicyclic) bond motifs is 10. The molecule has 0 saturated carbocycles. The van der Waals surface area contributed by atoms with Crippen molar-refractivity contribution in [2.24, 2.45) is 0 Å². The van der Waals surface area contributed by atoms with Crippen molar-refractivity contribution in [3.63, 3.8) is 0 Å². The van der Waals surface area contributed by atoms with Gasteiger partial charge >= 0.3 is 0 Å². The summed E-state index contributed by atoms with van der Waals surface area (Å²) < 4.78 is 2.26. The van der Waals surface area contributed by atoms with Crippen molar-refractivity contribution in [3.8, 4) is 11.1 Å². The fraction of sp³-hybridized carbons (Fsp3) is 0.0526. The van der Waals surface area contributed by atoms with Crippen LogP contribution in [0.15, 0.2) is 118 Å². The average molecular weight is 640 g/mol. The second kappa shape index (κ2) is 8.89. The second-order valence-corrected chi connectivity index (χ2v) is 12.7. The summed E-state index contributed by atoms with van der Waals surface area (Å²) >= 11 is 8.01. The molecule has 8 aromatic rings. The van der Waals surface area contributed by atoms with Crippen LogP contribution in [0.3, 0.4) is 0 Å². The van der Waals surface area contributed by atoms with Gasteiger partial charge in [0.25, 0.3) is 0 Å². The second-order valence-electron chi connectivity index (χ2n) is 11.0. The van der Waals surface area contributed by atoms with E-state index in [2.05, 4.69) is 155 Å². The summed E-state index contributed by atoms with van der Waals surface area (Å²) in [7, 11) is 0. The number of hydrogen-bond acceptors (Lipinski definition) is 0. The molecule has 0 saturated heterocycles. The Labute approximate surface area is 249 Å². The van der Waals surface area contributed by atoms with Crippen molar-refractivity contribution in [2.75, 3.05) is 0 Å². The minimum absolute atomic E-state index is 1.13. The Hall–Kier alpha value is -3.72. The predicted molar refractivity (Wildman–Crippen MR) is 182 cm³/mol. The van der Waals surface area contributed by atoms with Crippen molar-refractivity contribution in [1.29, 1.82) is 0 Å². The molecule has 0 aliphatic carbocycles. The van der Waals surface area contributed by atoms with Crippen LogP contribution in [-0.2, 0) is 0 Å². The first-order valence-electron chi connectivity index (χ1n) is 13.6. The van der Waals surface area contributed by atoms with Gasteiger partial charge in [-0.15, -0.1) is 0 Å². The Bertz CT molecular complexity index is 2190. The van der Waals surface area contributed by atoms with Gasteiger partial charge in [0.1, 0.15) is 0 Å². The van der Waals surface area contributed by atoms with E-state index in [9.17, 15) is 0 Å². The molecule has 190 valence electrons. The first kappa shape index (κ1) is 24.1. The number of rotatable bonds is 1. The molecule has 40 heavy (non-hydrogen) atoms. The van der Waals surface area contributed by atoms with Gasteiger partial charge in [0.15, 0.2) is 0 Å². The lowest BCUT2D eigenvalue weighted by molar-refractivity contribution is 1.51. The van der Waals surface area contributed by atoms with Gasteiger partial charge < -0.3 is 0 Å². The van der Waals surface area contributed by atoms with Crippen molar-refractivity contribution in [1.82, 2.24) is 0 Å². The SMILES string of the molecule is Cc1ccc2c(c1)cc(-c1cc3cc(C)ccc3c3c(Br)cc4ccccc4c13)c1c3ccccc3cc(Br)c21. The summed E-state index contributed by atoms with van der Waals surface area (Å²) in [6.07, 6.45) is 0. The molecule has 2 heteroatoms. The standard InChI is InChI=1S/C38H24Br2/c1-21-11-13-29-25(15-21)17-31(35-27-9-5-3-7-23(27)19-33(39)37(29)35)32-18-26-16-22(2)12-14-30(26)38-34(40)20-24-8-4-6-10-28(24)36(32)38/h3-20H,1-2H3. The predicted octanol–water partition coefficient (Wildman–Crippen LogP) is 12.4. The van der Waals surface area contributed by atoms with E-state index in [1.807, 2.05) is 0 Å². The number of halogens is 2. The Balaban J connectivity index is 1.71. The maximum absolute atomic E-state index is 4.01. The van der Waals surface area contributed by atoms with Gasteiger partial charge in [-0.1, -0.05) is 128 Å². The van der Waals surface area contributed by atoms with Gasteiger partial charge in [-0.05, 0) is 103 Å². The third-order valence-electron chi connectivity index (χ3n) is 8.38. The first-order valence-corrected chi connectivity index (χ1v) is 15.2. The van der Waals surface area contributed by atoms with Gasteiger partial charge in [-0.2, -0.15) is 0 Å². The minimum atomic E-state index is 1.13. The Morgan fingerprint density at radius 2 is 0.775 bits per heavy atom. The lowest BCUT2D eigenvalue weighted by Crippen LogP contribution is -1.92. The zero-order valence-electron chi connectivity index (χ0n) is 22.1. The molecular formula is C38H24Br2. The number of benzene rings is 8. The van der Waals surface area contributed by atoms with Crippen molar-refractivity contribution < 1.29 is 0 Å². The molecule has 0 atom stereocenters. The highest BCUT2D eigenvalue weighted by Crippen LogP contribution is 2.48. The topological polar surface area (TPSA) is 0 Å². The third kappa shape index (κ3) is 3.49. The Morgan fingerprint density at radius 1 is 0.375 bits per heavy atom. The molecule has 0 N–H and O–H groups in total. The van der Waals surface area contributed by atoms with E-state index in [1.165, 1.54) is 86.9 Å². The molecular weight excluding hydrogens is 616 g/mol. The lowest BCUT2D eigenvalue weighted by Gasteiger charge is -2.20. The van der Waals surface area contributed by atoms with Crippen LogP contribution in [0, 0.1) is 13.8 Å². The quantitative estimate of drug-likeness (QED) is 0.157. The number of aryl methyl sites for hydroxylation is 2. The molecule has 0 amide bonds. The zero-order chi connectivity index (χ0) is 27.1. The highest BCUT2D eigenvalue weighted by Gasteiger charge is 2.20. The van der Waals surface area contributed by atoms with Crippen LogP contribution in [0.2, 0.25) is 0 Å². The average Bonchev–Trinajstić information content (AvgIpc) is 2.95. The van der Waals surface area contributed by atoms with E-state index in [0.717, 1.165) is 8.95 Å². The summed E-state index contributed by atoms with van der Waals surface area (Å²) in [6.45, 7) is 4.36. The summed E-state index contributed by atoms with van der Waals surface area (Å²) in [4.78, 5) is 0. The van der Waals surface area contributed by atoms with E-state index in [4.69, 9.17) is 0 Å². The molecule has 0 aromatic heterocycles. The molecule has 0 spiro atoms. The van der Waals surface area contributed by atoms with Gasteiger partial charge in [0, 0.05) is 19.7 Å². The van der Waals surface area contributed by atoms with Crippen molar-refractivity contribution in [3.05, 3.63) is 129 Å². The monoisotopic (exact) mass is 638 g/mol. The lowest BCUT2D eigenvalue weighted by atomic mass is 9.85. The fourth-order valence-electron chi connectivity index (χ4n) is 6.65. The van der Waals surface area contributed by atoms with Crippen LogP contribution in [0.4, 0.5) is 0 Å². The van der Waals surface area contributed by atoms with E-state index in [-0.39, 0.29) is 0 Å². The molecule has 8 rings (SSSR count). The van der Waals surface area contributed by atoms with Crippen LogP contribution >= 0.6 is 31.9 Å². The highest BCUT2D eigenvalue weighted by atomic mass is 79.9. The molecule has 8 aromatic carbocycles. The van der Waals surface area contributed by atoms with Gasteiger partial charge in [-0.3, -0.25) is 0 Å². The summed E-state index contributed by atoms with van der Waals surface area (Å²) in [5.41, 5.74) is 5.06. The molecule has 0 unspecified atom stereocenters. The van der Waals surface area contributed by atoms with Gasteiger partial charge in [0.05, 0.1) is 0 Å². The fourth-order valence-corrected chi connectivity index (χ4v) is 7.97. The zero-order valence-corrected chi connectivity index (χ0v) is 25.3. The van der Waals surface area contributed by atoms with Crippen LogP contribution in [0.1, 0.15) is 11.1 Å². The van der Waals surface area contributed by atoms with E-state index >= 15 is 0 Å². The third-order valence-corrected chi connectivity index (χ3v) is 9.63. The molecule has 0 radical (unpaired) electrons. The normalized spacial score (nSPS) is 12.0. The van der Waals surface area contributed by atoms with Crippen LogP contribution in [0.25, 0.3) is 75.8 Å². The van der Waals surface area contributed by atoms with Crippen molar-refractivity contribution in [2.45, 2.75) is 13.8 Å². The van der Waals surface area contributed by atoms with Crippen LogP contribution < -0.4 is 0 Å². The van der Waals surface area contributed by atoms with Crippen molar-refractivity contribution >= 4 is 96.5 Å². The van der Waals surface area contributed by atoms with Crippen LogP contribution in [0.5, 0.6) is 0 Å². The Morgan fingerprint density at radius 3 is 1.23 bits per heavy atom. The Kier molecular flexibility index (Phi) is 5.36. The molecule has 0 fully saturated rings.